The summed E-state index contributed by atoms with van der Waals surface area (Å²) in [5, 5.41) is 3.62. The predicted octanol–water partition coefficient (Wildman–Crippen LogP) is 2.75. The van der Waals surface area contributed by atoms with Crippen molar-refractivity contribution in [2.45, 2.75) is 45.2 Å². The molecule has 0 fully saturated rings. The van der Waals surface area contributed by atoms with Crippen LogP contribution in [0.2, 0.25) is 0 Å². The van der Waals surface area contributed by atoms with E-state index in [2.05, 4.69) is 10.3 Å². The van der Waals surface area contributed by atoms with Crippen LogP contribution in [0.1, 0.15) is 45.6 Å². The van der Waals surface area contributed by atoms with Crippen LogP contribution in [0.15, 0.2) is 35.4 Å². The fourth-order valence-corrected chi connectivity index (χ4v) is 5.09. The Labute approximate surface area is 184 Å². The number of rotatable bonds is 6. The number of hydrogen-bond acceptors (Lipinski definition) is 5. The molecule has 2 heterocycles. The first-order valence-corrected chi connectivity index (χ1v) is 11.3. The van der Waals surface area contributed by atoms with Crippen molar-refractivity contribution >= 4 is 33.4 Å². The number of aromatic nitrogens is 2. The quantitative estimate of drug-likeness (QED) is 0.641. The molecule has 0 bridgehead atoms. The molecule has 0 spiro atoms. The third-order valence-electron chi connectivity index (χ3n) is 5.62. The number of hydrogen-bond donors (Lipinski definition) is 1. The highest BCUT2D eigenvalue weighted by Crippen LogP contribution is 2.33. The molecule has 2 amide bonds. The fourth-order valence-electron chi connectivity index (χ4n) is 3.87. The van der Waals surface area contributed by atoms with Crippen molar-refractivity contribution in [2.24, 2.45) is 0 Å². The lowest BCUT2D eigenvalue weighted by Crippen LogP contribution is -2.27. The van der Waals surface area contributed by atoms with Gasteiger partial charge in [0.2, 0.25) is 5.91 Å². The monoisotopic (exact) mass is 438 g/mol. The molecule has 0 atom stereocenters. The van der Waals surface area contributed by atoms with Gasteiger partial charge in [-0.05, 0) is 48.9 Å². The molecular formula is C23H26N4O3S. The van der Waals surface area contributed by atoms with Crippen molar-refractivity contribution in [3.8, 4) is 0 Å². The number of fused-ring (bicyclic) bond motifs is 3. The van der Waals surface area contributed by atoms with E-state index in [0.717, 1.165) is 35.0 Å². The van der Waals surface area contributed by atoms with Crippen LogP contribution < -0.4 is 10.9 Å². The molecule has 0 saturated carbocycles. The molecular weight excluding hydrogens is 412 g/mol. The van der Waals surface area contributed by atoms with E-state index in [9.17, 15) is 14.4 Å². The Hall–Kier alpha value is -3.00. The van der Waals surface area contributed by atoms with Gasteiger partial charge in [-0.2, -0.15) is 0 Å². The Bertz CT molecular complexity index is 1180. The Kier molecular flexibility index (Phi) is 6.18. The first-order valence-electron chi connectivity index (χ1n) is 10.5. The van der Waals surface area contributed by atoms with Gasteiger partial charge < -0.3 is 10.2 Å². The number of amides is 2. The van der Waals surface area contributed by atoms with Crippen LogP contribution in [0.3, 0.4) is 0 Å². The summed E-state index contributed by atoms with van der Waals surface area (Å²) in [6.45, 7) is 0.675. The molecule has 8 heteroatoms. The van der Waals surface area contributed by atoms with Crippen LogP contribution in [0, 0.1) is 0 Å². The number of carbonyl (C=O) groups is 2. The van der Waals surface area contributed by atoms with Crippen LogP contribution in [0.25, 0.3) is 10.2 Å². The average Bonchev–Trinajstić information content (AvgIpc) is 3.16. The second-order valence-electron chi connectivity index (χ2n) is 8.06. The minimum atomic E-state index is -0.132. The molecule has 1 aromatic carbocycles. The van der Waals surface area contributed by atoms with Crippen molar-refractivity contribution < 1.29 is 9.59 Å². The number of benzene rings is 1. The lowest BCUT2D eigenvalue weighted by molar-refractivity contribution is -0.121. The average molecular weight is 439 g/mol. The highest BCUT2D eigenvalue weighted by atomic mass is 32.1. The second-order valence-corrected chi connectivity index (χ2v) is 9.14. The number of aryl methyl sites for hydroxylation is 3. The Morgan fingerprint density at radius 3 is 2.65 bits per heavy atom. The normalized spacial score (nSPS) is 13.1. The smallest absolute Gasteiger partial charge is 0.262 e. The Morgan fingerprint density at radius 1 is 1.16 bits per heavy atom. The molecule has 0 aliphatic heterocycles. The summed E-state index contributed by atoms with van der Waals surface area (Å²) in [5.41, 5.74) is 2.64. The summed E-state index contributed by atoms with van der Waals surface area (Å²) in [6, 6.07) is 7.18. The van der Waals surface area contributed by atoms with E-state index >= 15 is 0 Å². The summed E-state index contributed by atoms with van der Waals surface area (Å²) in [7, 11) is 3.42. The second kappa shape index (κ2) is 9.01. The van der Waals surface area contributed by atoms with E-state index < -0.39 is 0 Å². The van der Waals surface area contributed by atoms with Gasteiger partial charge in [0.25, 0.3) is 11.5 Å². The van der Waals surface area contributed by atoms with Crippen molar-refractivity contribution in [3.63, 3.8) is 0 Å². The van der Waals surface area contributed by atoms with Gasteiger partial charge in [0.15, 0.2) is 0 Å². The molecule has 0 saturated heterocycles. The van der Waals surface area contributed by atoms with E-state index in [1.54, 1.807) is 48.5 Å². The van der Waals surface area contributed by atoms with Crippen molar-refractivity contribution in [3.05, 3.63) is 62.5 Å². The molecule has 3 aromatic rings. The minimum Gasteiger partial charge on any atom is -0.352 e. The molecule has 2 aromatic heterocycles. The highest BCUT2D eigenvalue weighted by Gasteiger charge is 2.20. The first-order chi connectivity index (χ1) is 14.9. The Morgan fingerprint density at radius 2 is 1.90 bits per heavy atom. The van der Waals surface area contributed by atoms with E-state index in [-0.39, 0.29) is 23.8 Å². The standard InChI is InChI=1S/C23H26N4O3S/c1-26(2)22(29)16-9-7-15(8-10-16)13-24-19(28)11-12-27-14-25-21-20(23(27)30)17-5-3-4-6-18(17)31-21/h7-10,14H,3-6,11-13H2,1-2H3,(H,24,28). The molecule has 4 rings (SSSR count). The number of thiophene rings is 1. The van der Waals surface area contributed by atoms with Crippen molar-refractivity contribution in [2.75, 3.05) is 14.1 Å². The SMILES string of the molecule is CN(C)C(=O)c1ccc(CNC(=O)CCn2cnc3sc4c(c3c2=O)CCCC4)cc1. The molecule has 7 nitrogen and oxygen atoms in total. The third-order valence-corrected chi connectivity index (χ3v) is 6.82. The lowest BCUT2D eigenvalue weighted by atomic mass is 9.97. The summed E-state index contributed by atoms with van der Waals surface area (Å²) in [6.07, 6.45) is 6.01. The molecule has 1 N–H and O–H groups in total. The van der Waals surface area contributed by atoms with Gasteiger partial charge in [-0.1, -0.05) is 12.1 Å². The number of carbonyl (C=O) groups excluding carboxylic acids is 2. The molecule has 0 radical (unpaired) electrons. The highest BCUT2D eigenvalue weighted by molar-refractivity contribution is 7.18. The molecule has 0 unspecified atom stereocenters. The summed E-state index contributed by atoms with van der Waals surface area (Å²) in [5.74, 6) is -0.189. The predicted molar refractivity (Wildman–Crippen MR) is 121 cm³/mol. The van der Waals surface area contributed by atoms with Gasteiger partial charge in [-0.15, -0.1) is 11.3 Å². The van der Waals surface area contributed by atoms with Crippen LogP contribution >= 0.6 is 11.3 Å². The zero-order valence-corrected chi connectivity index (χ0v) is 18.6. The van der Waals surface area contributed by atoms with Gasteiger partial charge in [-0.25, -0.2) is 4.98 Å². The van der Waals surface area contributed by atoms with Gasteiger partial charge in [-0.3, -0.25) is 19.0 Å². The maximum Gasteiger partial charge on any atom is 0.262 e. The number of nitrogens with one attached hydrogen (secondary N) is 1. The fraction of sp³-hybridized carbons (Fsp3) is 0.391. The molecule has 1 aliphatic carbocycles. The van der Waals surface area contributed by atoms with E-state index in [1.807, 2.05) is 12.1 Å². The largest absolute Gasteiger partial charge is 0.352 e. The topological polar surface area (TPSA) is 84.3 Å². The maximum absolute atomic E-state index is 13.0. The maximum atomic E-state index is 13.0. The lowest BCUT2D eigenvalue weighted by Gasteiger charge is -2.11. The molecule has 162 valence electrons. The van der Waals surface area contributed by atoms with E-state index in [1.165, 1.54) is 21.8 Å². The summed E-state index contributed by atoms with van der Waals surface area (Å²) < 4.78 is 1.55. The first kappa shape index (κ1) is 21.2. The van der Waals surface area contributed by atoms with Gasteiger partial charge >= 0.3 is 0 Å². The van der Waals surface area contributed by atoms with Crippen LogP contribution in [0.5, 0.6) is 0 Å². The van der Waals surface area contributed by atoms with E-state index in [0.29, 0.717) is 18.7 Å². The van der Waals surface area contributed by atoms with Gasteiger partial charge in [0.1, 0.15) is 4.83 Å². The minimum absolute atomic E-state index is 0.0432. The van der Waals surface area contributed by atoms with Crippen LogP contribution in [-0.4, -0.2) is 40.4 Å². The Balaban J connectivity index is 1.36. The summed E-state index contributed by atoms with van der Waals surface area (Å²) in [4.78, 5) is 45.3. The number of nitrogens with zero attached hydrogens (tertiary/aromatic N) is 3. The van der Waals surface area contributed by atoms with Crippen molar-refractivity contribution in [1.29, 1.82) is 0 Å². The molecule has 1 aliphatic rings. The summed E-state index contributed by atoms with van der Waals surface area (Å²) >= 11 is 1.63. The van der Waals surface area contributed by atoms with E-state index in [4.69, 9.17) is 0 Å². The van der Waals surface area contributed by atoms with Gasteiger partial charge in [0, 0.05) is 44.0 Å². The van der Waals surface area contributed by atoms with Crippen LogP contribution in [0.4, 0.5) is 0 Å². The zero-order valence-electron chi connectivity index (χ0n) is 17.8. The van der Waals surface area contributed by atoms with Crippen molar-refractivity contribution in [1.82, 2.24) is 19.8 Å². The molecule has 31 heavy (non-hydrogen) atoms. The third kappa shape index (κ3) is 4.54. The van der Waals surface area contributed by atoms with Crippen LogP contribution in [-0.2, 0) is 30.7 Å². The van der Waals surface area contributed by atoms with Gasteiger partial charge in [0.05, 0.1) is 11.7 Å². The zero-order chi connectivity index (χ0) is 22.0.